The third-order valence-corrected chi connectivity index (χ3v) is 3.88. The molecule has 0 aliphatic heterocycles. The van der Waals surface area contributed by atoms with Crippen molar-refractivity contribution in [1.29, 1.82) is 0 Å². The standard InChI is InChI=1S/C12H20N2S/c1-9-10(13)6-5-7-11(9)14-8-12(2,3)15-4/h5-7,14H,8,13H2,1-4H3. The van der Waals surface area contributed by atoms with Gasteiger partial charge in [-0.25, -0.2) is 0 Å². The lowest BCUT2D eigenvalue weighted by atomic mass is 10.1. The normalized spacial score (nSPS) is 11.5. The van der Waals surface area contributed by atoms with Crippen LogP contribution in [0.25, 0.3) is 0 Å². The first kappa shape index (κ1) is 12.2. The van der Waals surface area contributed by atoms with Crippen molar-refractivity contribution in [3.8, 4) is 0 Å². The largest absolute Gasteiger partial charge is 0.398 e. The van der Waals surface area contributed by atoms with E-state index in [0.29, 0.717) is 0 Å². The maximum Gasteiger partial charge on any atom is 0.0391 e. The van der Waals surface area contributed by atoms with Crippen molar-refractivity contribution in [1.82, 2.24) is 0 Å². The minimum Gasteiger partial charge on any atom is -0.398 e. The number of nitrogens with one attached hydrogen (secondary N) is 1. The highest BCUT2D eigenvalue weighted by Crippen LogP contribution is 2.24. The summed E-state index contributed by atoms with van der Waals surface area (Å²) in [5.74, 6) is 0. The SMILES string of the molecule is CSC(C)(C)CNc1cccc(N)c1C. The second-order valence-corrected chi connectivity index (χ2v) is 5.85. The monoisotopic (exact) mass is 224 g/mol. The van der Waals surface area contributed by atoms with Crippen LogP contribution in [0.5, 0.6) is 0 Å². The second-order valence-electron chi connectivity index (χ2n) is 4.34. The summed E-state index contributed by atoms with van der Waals surface area (Å²) in [5, 5.41) is 3.44. The molecular formula is C12H20N2S. The molecule has 3 heteroatoms. The van der Waals surface area contributed by atoms with Gasteiger partial charge in [0, 0.05) is 22.7 Å². The average molecular weight is 224 g/mol. The van der Waals surface area contributed by atoms with Crippen molar-refractivity contribution in [2.45, 2.75) is 25.5 Å². The van der Waals surface area contributed by atoms with Crippen LogP contribution in [0.3, 0.4) is 0 Å². The molecule has 0 fully saturated rings. The highest BCUT2D eigenvalue weighted by molar-refractivity contribution is 7.99. The minimum absolute atomic E-state index is 0.247. The van der Waals surface area contributed by atoms with Crippen molar-refractivity contribution >= 4 is 23.1 Å². The number of thioether (sulfide) groups is 1. The van der Waals surface area contributed by atoms with Crippen LogP contribution in [0.2, 0.25) is 0 Å². The molecule has 1 aromatic carbocycles. The van der Waals surface area contributed by atoms with Gasteiger partial charge < -0.3 is 11.1 Å². The van der Waals surface area contributed by atoms with Gasteiger partial charge in [0.05, 0.1) is 0 Å². The van der Waals surface area contributed by atoms with Crippen LogP contribution < -0.4 is 11.1 Å². The molecule has 0 atom stereocenters. The third-order valence-electron chi connectivity index (χ3n) is 2.63. The van der Waals surface area contributed by atoms with Crippen LogP contribution in [0.1, 0.15) is 19.4 Å². The summed E-state index contributed by atoms with van der Waals surface area (Å²) in [4.78, 5) is 0. The maximum atomic E-state index is 5.85. The Morgan fingerprint density at radius 3 is 2.67 bits per heavy atom. The molecule has 0 heterocycles. The topological polar surface area (TPSA) is 38.0 Å². The summed E-state index contributed by atoms with van der Waals surface area (Å²) in [6, 6.07) is 5.99. The van der Waals surface area contributed by atoms with Crippen LogP contribution in [0.15, 0.2) is 18.2 Å². The summed E-state index contributed by atoms with van der Waals surface area (Å²) < 4.78 is 0.247. The van der Waals surface area contributed by atoms with Gasteiger partial charge in [0.2, 0.25) is 0 Å². The molecular weight excluding hydrogens is 204 g/mol. The van der Waals surface area contributed by atoms with E-state index in [0.717, 1.165) is 23.5 Å². The number of hydrogen-bond acceptors (Lipinski definition) is 3. The number of nitrogens with two attached hydrogens (primary N) is 1. The number of nitrogen functional groups attached to an aromatic ring is 1. The molecule has 2 nitrogen and oxygen atoms in total. The van der Waals surface area contributed by atoms with E-state index in [1.807, 2.05) is 30.8 Å². The van der Waals surface area contributed by atoms with E-state index in [1.165, 1.54) is 0 Å². The van der Waals surface area contributed by atoms with Gasteiger partial charge in [-0.15, -0.1) is 0 Å². The number of hydrogen-bond donors (Lipinski definition) is 2. The van der Waals surface area contributed by atoms with Crippen LogP contribution in [0.4, 0.5) is 11.4 Å². The van der Waals surface area contributed by atoms with Gasteiger partial charge in [-0.05, 0) is 44.7 Å². The Kier molecular flexibility index (Phi) is 3.91. The lowest BCUT2D eigenvalue weighted by Gasteiger charge is -2.23. The first-order valence-corrected chi connectivity index (χ1v) is 6.33. The molecule has 0 radical (unpaired) electrons. The van der Waals surface area contributed by atoms with Crippen molar-refractivity contribution in [3.63, 3.8) is 0 Å². The number of rotatable bonds is 4. The molecule has 0 spiro atoms. The molecule has 0 bridgehead atoms. The molecule has 1 rings (SSSR count). The fourth-order valence-corrected chi connectivity index (χ4v) is 1.44. The molecule has 0 unspecified atom stereocenters. The zero-order chi connectivity index (χ0) is 11.5. The summed E-state index contributed by atoms with van der Waals surface area (Å²) in [5.41, 5.74) is 8.97. The van der Waals surface area contributed by atoms with E-state index in [1.54, 1.807) is 0 Å². The quantitative estimate of drug-likeness (QED) is 0.772. The third kappa shape index (κ3) is 3.34. The van der Waals surface area contributed by atoms with Crippen LogP contribution in [-0.2, 0) is 0 Å². The lowest BCUT2D eigenvalue weighted by Crippen LogP contribution is -2.26. The van der Waals surface area contributed by atoms with E-state index in [2.05, 4.69) is 31.5 Å². The molecule has 0 saturated carbocycles. The van der Waals surface area contributed by atoms with Crippen LogP contribution in [-0.4, -0.2) is 17.5 Å². The second kappa shape index (κ2) is 4.79. The van der Waals surface area contributed by atoms with Gasteiger partial charge in [0.25, 0.3) is 0 Å². The summed E-state index contributed by atoms with van der Waals surface area (Å²) in [6.07, 6.45) is 2.13. The van der Waals surface area contributed by atoms with Crippen molar-refractivity contribution in [2.75, 3.05) is 23.9 Å². The van der Waals surface area contributed by atoms with Crippen LogP contribution in [0, 0.1) is 6.92 Å². The van der Waals surface area contributed by atoms with E-state index < -0.39 is 0 Å². The first-order chi connectivity index (χ1) is 6.96. The highest BCUT2D eigenvalue weighted by atomic mass is 32.2. The fourth-order valence-electron chi connectivity index (χ4n) is 1.23. The molecule has 3 N–H and O–H groups in total. The molecule has 0 aromatic heterocycles. The predicted octanol–water partition coefficient (Wildman–Crippen LogP) is 3.13. The summed E-state index contributed by atoms with van der Waals surface area (Å²) in [7, 11) is 0. The molecule has 1 aromatic rings. The molecule has 0 aliphatic carbocycles. The van der Waals surface area contributed by atoms with Gasteiger partial charge in [-0.3, -0.25) is 0 Å². The minimum atomic E-state index is 0.247. The Labute approximate surface area is 96.6 Å². The van der Waals surface area contributed by atoms with Gasteiger partial charge in [-0.1, -0.05) is 6.07 Å². The first-order valence-electron chi connectivity index (χ1n) is 5.10. The fraction of sp³-hybridized carbons (Fsp3) is 0.500. The Morgan fingerprint density at radius 1 is 1.40 bits per heavy atom. The van der Waals surface area contributed by atoms with E-state index in [9.17, 15) is 0 Å². The average Bonchev–Trinajstić information content (AvgIpc) is 2.20. The zero-order valence-electron chi connectivity index (χ0n) is 9.92. The van der Waals surface area contributed by atoms with Crippen molar-refractivity contribution < 1.29 is 0 Å². The Hall–Kier alpha value is -0.830. The van der Waals surface area contributed by atoms with Crippen LogP contribution >= 0.6 is 11.8 Å². The predicted molar refractivity (Wildman–Crippen MR) is 71.7 cm³/mol. The highest BCUT2D eigenvalue weighted by Gasteiger charge is 2.15. The smallest absolute Gasteiger partial charge is 0.0391 e. The summed E-state index contributed by atoms with van der Waals surface area (Å²) in [6.45, 7) is 7.45. The molecule has 0 saturated heterocycles. The molecule has 0 aliphatic rings. The lowest BCUT2D eigenvalue weighted by molar-refractivity contribution is 0.752. The van der Waals surface area contributed by atoms with E-state index in [-0.39, 0.29) is 4.75 Å². The Morgan fingerprint density at radius 2 is 2.07 bits per heavy atom. The summed E-state index contributed by atoms with van der Waals surface area (Å²) >= 11 is 1.86. The molecule has 0 amide bonds. The van der Waals surface area contributed by atoms with Gasteiger partial charge in [0.1, 0.15) is 0 Å². The van der Waals surface area contributed by atoms with Gasteiger partial charge >= 0.3 is 0 Å². The van der Waals surface area contributed by atoms with Crippen molar-refractivity contribution in [3.05, 3.63) is 23.8 Å². The Bertz CT molecular complexity index is 334. The van der Waals surface area contributed by atoms with Gasteiger partial charge in [-0.2, -0.15) is 11.8 Å². The zero-order valence-corrected chi connectivity index (χ0v) is 10.7. The molecule has 15 heavy (non-hydrogen) atoms. The maximum absolute atomic E-state index is 5.85. The van der Waals surface area contributed by atoms with E-state index in [4.69, 9.17) is 5.73 Å². The molecule has 84 valence electrons. The van der Waals surface area contributed by atoms with Crippen molar-refractivity contribution in [2.24, 2.45) is 0 Å². The number of benzene rings is 1. The van der Waals surface area contributed by atoms with Gasteiger partial charge in [0.15, 0.2) is 0 Å². The number of anilines is 2. The van der Waals surface area contributed by atoms with E-state index >= 15 is 0 Å². The Balaban J connectivity index is 2.70.